The van der Waals surface area contributed by atoms with E-state index in [1.54, 1.807) is 11.8 Å². The number of nitrogen functional groups attached to an aromatic ring is 1. The maximum Gasteiger partial charge on any atom is 0.417 e. The van der Waals surface area contributed by atoms with E-state index in [1.807, 2.05) is 17.9 Å². The van der Waals surface area contributed by atoms with Crippen LogP contribution >= 0.6 is 11.3 Å². The quantitative estimate of drug-likeness (QED) is 0.230. The number of fused-ring (bicyclic) bond motifs is 3. The number of nitrogens with two attached hydrogens (primary N) is 1. The second-order valence-corrected chi connectivity index (χ2v) is 13.7. The highest BCUT2D eigenvalue weighted by molar-refractivity contribution is 7.23. The number of halogens is 6. The summed E-state index contributed by atoms with van der Waals surface area (Å²) in [5.41, 5.74) is 2.05. The zero-order chi connectivity index (χ0) is 33.4. The van der Waals surface area contributed by atoms with Gasteiger partial charge in [0.05, 0.1) is 40.1 Å². The minimum atomic E-state index is -5.08. The molecule has 7 rings (SSSR count). The Bertz CT molecular complexity index is 1950. The van der Waals surface area contributed by atoms with Crippen LogP contribution in [-0.4, -0.2) is 71.6 Å². The molecule has 47 heavy (non-hydrogen) atoms. The minimum absolute atomic E-state index is 0.0147. The fourth-order valence-corrected chi connectivity index (χ4v) is 8.27. The molecule has 0 radical (unpaired) electrons. The molecule has 15 heteroatoms. The average molecular weight is 677 g/mol. The lowest BCUT2D eigenvalue weighted by atomic mass is 9.92. The van der Waals surface area contributed by atoms with Crippen molar-refractivity contribution in [2.45, 2.75) is 63.1 Å². The number of nitrogens with zero attached hydrogens (tertiary/aromatic N) is 5. The highest BCUT2D eigenvalue weighted by Gasteiger charge is 2.49. The highest BCUT2D eigenvalue weighted by atomic mass is 32.1. The number of anilines is 2. The van der Waals surface area contributed by atoms with Crippen LogP contribution < -0.4 is 15.4 Å². The molecule has 3 aliphatic rings. The van der Waals surface area contributed by atoms with Crippen LogP contribution in [0.1, 0.15) is 44.2 Å². The van der Waals surface area contributed by atoms with Crippen molar-refractivity contribution in [3.05, 3.63) is 41.0 Å². The number of ether oxygens (including phenoxy) is 2. The number of thiophene rings is 1. The van der Waals surface area contributed by atoms with Crippen molar-refractivity contribution in [1.29, 1.82) is 5.26 Å². The molecule has 3 fully saturated rings. The third kappa shape index (κ3) is 5.21. The first-order chi connectivity index (χ1) is 22.3. The first kappa shape index (κ1) is 31.7. The van der Waals surface area contributed by atoms with E-state index in [2.05, 4.69) is 9.97 Å². The summed E-state index contributed by atoms with van der Waals surface area (Å²) in [4.78, 5) is 12.6. The number of alkyl halides is 4. The summed E-state index contributed by atoms with van der Waals surface area (Å²) in [5.74, 6) is -2.12. The SMILES string of the molecule is CC1CN(c2nc(OCC34CCCN3CC(F)C4)nc3c(F)c(-c4ccc(F)c5sc(N)c(C#N)c45)c(C(F)(F)F)cc23)C(C)CO1. The molecule has 0 amide bonds. The van der Waals surface area contributed by atoms with Gasteiger partial charge in [0.15, 0.2) is 5.82 Å². The predicted octanol–water partition coefficient (Wildman–Crippen LogP) is 6.83. The van der Waals surface area contributed by atoms with E-state index < -0.39 is 46.2 Å². The second kappa shape index (κ2) is 11.4. The van der Waals surface area contributed by atoms with Gasteiger partial charge in [0, 0.05) is 35.8 Å². The monoisotopic (exact) mass is 676 g/mol. The molecule has 8 nitrogen and oxygen atoms in total. The third-order valence-electron chi connectivity index (χ3n) is 9.51. The van der Waals surface area contributed by atoms with Gasteiger partial charge in [-0.3, -0.25) is 4.90 Å². The van der Waals surface area contributed by atoms with Gasteiger partial charge in [-0.2, -0.15) is 28.4 Å². The lowest BCUT2D eigenvalue weighted by molar-refractivity contribution is -0.137. The van der Waals surface area contributed by atoms with Crippen molar-refractivity contribution >= 4 is 43.1 Å². The van der Waals surface area contributed by atoms with Crippen molar-refractivity contribution in [3.8, 4) is 23.2 Å². The van der Waals surface area contributed by atoms with Crippen LogP contribution in [0.2, 0.25) is 0 Å². The lowest BCUT2D eigenvalue weighted by Crippen LogP contribution is -2.48. The van der Waals surface area contributed by atoms with Gasteiger partial charge in [-0.25, -0.2) is 13.2 Å². The summed E-state index contributed by atoms with van der Waals surface area (Å²) in [5, 5.41) is 9.25. The van der Waals surface area contributed by atoms with E-state index in [4.69, 9.17) is 15.2 Å². The molecule has 0 spiro atoms. The number of hydrogen-bond acceptors (Lipinski definition) is 9. The van der Waals surface area contributed by atoms with E-state index in [0.29, 0.717) is 24.3 Å². The molecule has 2 aromatic heterocycles. The van der Waals surface area contributed by atoms with Gasteiger partial charge >= 0.3 is 12.2 Å². The molecule has 3 aliphatic heterocycles. The first-order valence-electron chi connectivity index (χ1n) is 15.2. The Hall–Kier alpha value is -3.87. The third-order valence-corrected chi connectivity index (χ3v) is 10.5. The maximum atomic E-state index is 17.0. The number of nitriles is 1. The van der Waals surface area contributed by atoms with Crippen molar-refractivity contribution in [2.75, 3.05) is 43.5 Å². The summed E-state index contributed by atoms with van der Waals surface area (Å²) in [7, 11) is 0. The Morgan fingerprint density at radius 3 is 2.74 bits per heavy atom. The van der Waals surface area contributed by atoms with Crippen LogP contribution in [0.25, 0.3) is 32.1 Å². The molecule has 4 unspecified atom stereocenters. The molecule has 248 valence electrons. The van der Waals surface area contributed by atoms with E-state index in [9.17, 15) is 27.2 Å². The predicted molar refractivity (Wildman–Crippen MR) is 165 cm³/mol. The van der Waals surface area contributed by atoms with Crippen molar-refractivity contribution in [2.24, 2.45) is 0 Å². The molecule has 2 aromatic carbocycles. The summed E-state index contributed by atoms with van der Waals surface area (Å²) in [6, 6.07) is 3.93. The Balaban J connectivity index is 1.47. The lowest BCUT2D eigenvalue weighted by Gasteiger charge is -2.38. The molecular formula is C32H30F6N6O2S. The van der Waals surface area contributed by atoms with E-state index in [0.717, 1.165) is 24.6 Å². The standard InChI is InChI=1S/C32H30F6N6O2S/c1-15-13-45-16(2)11-44(15)29-19-8-21(32(36,37)38)24(18-4-5-22(34)27-23(18)20(10-39)28(40)47-27)25(35)26(19)41-30(42-29)46-14-31-6-3-7-43(31)12-17(33)9-31/h4-5,8,15-17H,3,6-7,9,11-14,40H2,1-2H3. The van der Waals surface area contributed by atoms with Crippen LogP contribution in [0, 0.1) is 23.0 Å². The molecule has 0 saturated carbocycles. The van der Waals surface area contributed by atoms with Crippen LogP contribution in [0.4, 0.5) is 37.2 Å². The van der Waals surface area contributed by atoms with Gasteiger partial charge in [0.1, 0.15) is 41.0 Å². The topological polar surface area (TPSA) is 101 Å². The highest BCUT2D eigenvalue weighted by Crippen LogP contribution is 2.48. The number of rotatable bonds is 5. The summed E-state index contributed by atoms with van der Waals surface area (Å²) in [6.07, 6.45) is -4.62. The Labute approximate surface area is 269 Å². The van der Waals surface area contributed by atoms with E-state index in [-0.39, 0.29) is 88.3 Å². The summed E-state index contributed by atoms with van der Waals surface area (Å²) < 4.78 is 103. The van der Waals surface area contributed by atoms with E-state index >= 15 is 4.39 Å². The number of morpholine rings is 1. The van der Waals surface area contributed by atoms with Gasteiger partial charge in [-0.05, 0) is 50.9 Å². The molecular weight excluding hydrogens is 646 g/mol. The second-order valence-electron chi connectivity index (χ2n) is 12.6. The van der Waals surface area contributed by atoms with Crippen LogP contribution in [-0.2, 0) is 10.9 Å². The van der Waals surface area contributed by atoms with Crippen molar-refractivity contribution in [3.63, 3.8) is 0 Å². The molecule has 0 bridgehead atoms. The summed E-state index contributed by atoms with van der Waals surface area (Å²) >= 11 is 0.693. The number of aromatic nitrogens is 2. The molecule has 0 aliphatic carbocycles. The summed E-state index contributed by atoms with van der Waals surface area (Å²) in [6.45, 7) is 5.11. The van der Waals surface area contributed by atoms with Crippen molar-refractivity contribution in [1.82, 2.24) is 14.9 Å². The molecule has 5 heterocycles. The molecule has 4 aromatic rings. The van der Waals surface area contributed by atoms with Crippen molar-refractivity contribution < 1.29 is 35.8 Å². The van der Waals surface area contributed by atoms with Crippen LogP contribution in [0.5, 0.6) is 6.01 Å². The van der Waals surface area contributed by atoms with Crippen LogP contribution in [0.15, 0.2) is 18.2 Å². The molecule has 3 saturated heterocycles. The Morgan fingerprint density at radius 2 is 2.00 bits per heavy atom. The van der Waals surface area contributed by atoms with Crippen LogP contribution in [0.3, 0.4) is 0 Å². The van der Waals surface area contributed by atoms with Gasteiger partial charge < -0.3 is 20.1 Å². The largest absolute Gasteiger partial charge is 0.461 e. The number of hydrogen-bond donors (Lipinski definition) is 1. The smallest absolute Gasteiger partial charge is 0.417 e. The average Bonchev–Trinajstić information content (AvgIpc) is 3.66. The van der Waals surface area contributed by atoms with Gasteiger partial charge in [-0.1, -0.05) is 6.07 Å². The van der Waals surface area contributed by atoms with Gasteiger partial charge in [-0.15, -0.1) is 11.3 Å². The molecule has 2 N–H and O–H groups in total. The molecule has 4 atom stereocenters. The van der Waals surface area contributed by atoms with E-state index in [1.165, 1.54) is 0 Å². The zero-order valence-electron chi connectivity index (χ0n) is 25.4. The maximum absolute atomic E-state index is 17.0. The van der Waals surface area contributed by atoms with Gasteiger partial charge in [0.2, 0.25) is 0 Å². The fourth-order valence-electron chi connectivity index (χ4n) is 7.32. The zero-order valence-corrected chi connectivity index (χ0v) is 26.2. The minimum Gasteiger partial charge on any atom is -0.461 e. The first-order valence-corrected chi connectivity index (χ1v) is 16.1. The van der Waals surface area contributed by atoms with Gasteiger partial charge in [0.25, 0.3) is 0 Å². The normalized spacial score (nSPS) is 25.1. The number of benzene rings is 2. The Kier molecular flexibility index (Phi) is 7.68. The Morgan fingerprint density at radius 1 is 1.21 bits per heavy atom. The fraction of sp³-hybridized carbons (Fsp3) is 0.469.